The zero-order chi connectivity index (χ0) is 20.4. The molecule has 0 fully saturated rings. The van der Waals surface area contributed by atoms with Crippen molar-refractivity contribution in [3.8, 4) is 0 Å². The molecule has 2 heterocycles. The standard InChI is InChI=1S/C21H18BrN5O2/c1-26-21(29)17-8-3-2-7-16(17)18(25-26)12-20(28)24-19-9-10-23-27(19)13-14-5-4-6-15(22)11-14/h2-11H,12-13H2,1H3,(H,24,28). The summed E-state index contributed by atoms with van der Waals surface area (Å²) in [5.41, 5.74) is 1.43. The van der Waals surface area contributed by atoms with Crippen LogP contribution in [-0.4, -0.2) is 25.5 Å². The summed E-state index contributed by atoms with van der Waals surface area (Å²) in [4.78, 5) is 24.9. The van der Waals surface area contributed by atoms with Crippen molar-refractivity contribution in [3.05, 3.63) is 86.9 Å². The highest BCUT2D eigenvalue weighted by Gasteiger charge is 2.14. The molecule has 29 heavy (non-hydrogen) atoms. The van der Waals surface area contributed by atoms with Gasteiger partial charge in [0.15, 0.2) is 0 Å². The van der Waals surface area contributed by atoms with E-state index >= 15 is 0 Å². The molecule has 0 unspecified atom stereocenters. The minimum absolute atomic E-state index is 0.0523. The van der Waals surface area contributed by atoms with Crippen molar-refractivity contribution in [3.63, 3.8) is 0 Å². The average molecular weight is 452 g/mol. The Morgan fingerprint density at radius 3 is 2.69 bits per heavy atom. The fraction of sp³-hybridized carbons (Fsp3) is 0.143. The maximum absolute atomic E-state index is 12.7. The highest BCUT2D eigenvalue weighted by molar-refractivity contribution is 9.10. The van der Waals surface area contributed by atoms with Crippen LogP contribution in [0.2, 0.25) is 0 Å². The highest BCUT2D eigenvalue weighted by Crippen LogP contribution is 2.17. The van der Waals surface area contributed by atoms with Crippen LogP contribution in [0.5, 0.6) is 0 Å². The zero-order valence-electron chi connectivity index (χ0n) is 15.7. The summed E-state index contributed by atoms with van der Waals surface area (Å²) in [5, 5.41) is 12.7. The van der Waals surface area contributed by atoms with Gasteiger partial charge in [-0.15, -0.1) is 0 Å². The van der Waals surface area contributed by atoms with Gasteiger partial charge < -0.3 is 5.32 Å². The first kappa shape index (κ1) is 19.1. The number of rotatable bonds is 5. The van der Waals surface area contributed by atoms with E-state index in [-0.39, 0.29) is 17.9 Å². The van der Waals surface area contributed by atoms with Crippen LogP contribution in [0.25, 0.3) is 10.8 Å². The summed E-state index contributed by atoms with van der Waals surface area (Å²) in [6.45, 7) is 0.531. The van der Waals surface area contributed by atoms with Crippen LogP contribution < -0.4 is 10.9 Å². The Kier molecular flexibility index (Phi) is 5.26. The van der Waals surface area contributed by atoms with Gasteiger partial charge in [0.25, 0.3) is 5.56 Å². The Morgan fingerprint density at radius 1 is 1.10 bits per heavy atom. The first-order chi connectivity index (χ1) is 14.0. The molecule has 0 aliphatic heterocycles. The second-order valence-electron chi connectivity index (χ2n) is 6.65. The Hall–Kier alpha value is -3.26. The molecule has 0 atom stereocenters. The second kappa shape index (κ2) is 8.00. The smallest absolute Gasteiger partial charge is 0.274 e. The molecule has 7 nitrogen and oxygen atoms in total. The van der Waals surface area contributed by atoms with Gasteiger partial charge in [-0.2, -0.15) is 10.2 Å². The number of aryl methyl sites for hydroxylation is 1. The molecule has 0 radical (unpaired) electrons. The Balaban J connectivity index is 1.55. The van der Waals surface area contributed by atoms with E-state index in [4.69, 9.17) is 0 Å². The molecule has 1 N–H and O–H groups in total. The summed E-state index contributed by atoms with van der Waals surface area (Å²) in [7, 11) is 1.59. The number of anilines is 1. The SMILES string of the molecule is Cn1nc(CC(=O)Nc2ccnn2Cc2cccc(Br)c2)c2ccccc2c1=O. The van der Waals surface area contributed by atoms with Crippen molar-refractivity contribution in [2.75, 3.05) is 5.32 Å². The van der Waals surface area contributed by atoms with Crippen LogP contribution in [0.1, 0.15) is 11.3 Å². The van der Waals surface area contributed by atoms with Crippen molar-refractivity contribution >= 4 is 38.4 Å². The topological polar surface area (TPSA) is 81.8 Å². The number of halogens is 1. The molecule has 0 spiro atoms. The molecule has 0 aliphatic carbocycles. The van der Waals surface area contributed by atoms with E-state index in [2.05, 4.69) is 31.4 Å². The van der Waals surface area contributed by atoms with Gasteiger partial charge in [-0.05, 0) is 23.8 Å². The van der Waals surface area contributed by atoms with E-state index in [0.717, 1.165) is 10.0 Å². The van der Waals surface area contributed by atoms with E-state index in [1.54, 1.807) is 36.1 Å². The van der Waals surface area contributed by atoms with Gasteiger partial charge in [0.1, 0.15) is 5.82 Å². The number of hydrogen-bond donors (Lipinski definition) is 1. The molecule has 4 rings (SSSR count). The molecule has 0 aliphatic rings. The van der Waals surface area contributed by atoms with E-state index in [9.17, 15) is 9.59 Å². The Morgan fingerprint density at radius 2 is 1.90 bits per heavy atom. The molecule has 1 amide bonds. The predicted octanol–water partition coefficient (Wildman–Crippen LogP) is 3.12. The molecule has 2 aromatic carbocycles. The molecule has 146 valence electrons. The number of benzene rings is 2. The van der Waals surface area contributed by atoms with Gasteiger partial charge in [-0.1, -0.05) is 46.3 Å². The van der Waals surface area contributed by atoms with Gasteiger partial charge >= 0.3 is 0 Å². The molecule has 2 aromatic heterocycles. The quantitative estimate of drug-likeness (QED) is 0.505. The largest absolute Gasteiger partial charge is 0.311 e. The zero-order valence-corrected chi connectivity index (χ0v) is 17.3. The van der Waals surface area contributed by atoms with Gasteiger partial charge in [0.05, 0.1) is 30.2 Å². The molecular weight excluding hydrogens is 434 g/mol. The lowest BCUT2D eigenvalue weighted by Crippen LogP contribution is -2.24. The van der Waals surface area contributed by atoms with Crippen LogP contribution >= 0.6 is 15.9 Å². The van der Waals surface area contributed by atoms with E-state index in [1.165, 1.54) is 4.68 Å². The third-order valence-electron chi connectivity index (χ3n) is 4.57. The summed E-state index contributed by atoms with van der Waals surface area (Å²) < 4.78 is 3.98. The fourth-order valence-electron chi connectivity index (χ4n) is 3.22. The minimum atomic E-state index is -0.225. The summed E-state index contributed by atoms with van der Waals surface area (Å²) in [5.74, 6) is 0.376. The van der Waals surface area contributed by atoms with Crippen LogP contribution in [0.15, 0.2) is 70.1 Å². The molecule has 8 heteroatoms. The van der Waals surface area contributed by atoms with Gasteiger partial charge in [-0.3, -0.25) is 9.59 Å². The van der Waals surface area contributed by atoms with Crippen molar-refractivity contribution in [1.82, 2.24) is 19.6 Å². The van der Waals surface area contributed by atoms with E-state index in [0.29, 0.717) is 28.8 Å². The van der Waals surface area contributed by atoms with Gasteiger partial charge in [-0.25, -0.2) is 9.36 Å². The number of aromatic nitrogens is 4. The maximum atomic E-state index is 12.7. The number of amides is 1. The molecular formula is C21H18BrN5O2. The van der Waals surface area contributed by atoms with Crippen molar-refractivity contribution in [2.24, 2.45) is 7.05 Å². The first-order valence-electron chi connectivity index (χ1n) is 9.02. The predicted molar refractivity (Wildman–Crippen MR) is 115 cm³/mol. The van der Waals surface area contributed by atoms with Crippen molar-refractivity contribution in [1.29, 1.82) is 0 Å². The minimum Gasteiger partial charge on any atom is -0.311 e. The van der Waals surface area contributed by atoms with Crippen LogP contribution in [0.3, 0.4) is 0 Å². The molecule has 0 saturated heterocycles. The van der Waals surface area contributed by atoms with E-state index in [1.807, 2.05) is 36.4 Å². The number of nitrogens with one attached hydrogen (secondary N) is 1. The van der Waals surface area contributed by atoms with Crippen LogP contribution in [0.4, 0.5) is 5.82 Å². The molecule has 0 saturated carbocycles. The monoisotopic (exact) mass is 451 g/mol. The number of carbonyl (C=O) groups excluding carboxylic acids is 1. The average Bonchev–Trinajstić information content (AvgIpc) is 3.12. The second-order valence-corrected chi connectivity index (χ2v) is 7.57. The maximum Gasteiger partial charge on any atom is 0.274 e. The van der Waals surface area contributed by atoms with Crippen molar-refractivity contribution in [2.45, 2.75) is 13.0 Å². The molecule has 0 bridgehead atoms. The first-order valence-corrected chi connectivity index (χ1v) is 9.81. The number of hydrogen-bond acceptors (Lipinski definition) is 4. The lowest BCUT2D eigenvalue weighted by Gasteiger charge is -2.11. The normalized spacial score (nSPS) is 11.0. The van der Waals surface area contributed by atoms with E-state index < -0.39 is 0 Å². The lowest BCUT2D eigenvalue weighted by atomic mass is 10.1. The lowest BCUT2D eigenvalue weighted by molar-refractivity contribution is -0.115. The number of fused-ring (bicyclic) bond motifs is 1. The Bertz CT molecular complexity index is 1260. The van der Waals surface area contributed by atoms with Gasteiger partial charge in [0.2, 0.25) is 5.91 Å². The fourth-order valence-corrected chi connectivity index (χ4v) is 3.67. The number of nitrogens with zero attached hydrogens (tertiary/aromatic N) is 4. The van der Waals surface area contributed by atoms with Crippen LogP contribution in [-0.2, 0) is 24.8 Å². The molecule has 4 aromatic rings. The summed E-state index contributed by atoms with van der Waals surface area (Å²) in [6, 6.07) is 16.9. The third-order valence-corrected chi connectivity index (χ3v) is 5.06. The summed E-state index contributed by atoms with van der Waals surface area (Å²) in [6.07, 6.45) is 1.70. The summed E-state index contributed by atoms with van der Waals surface area (Å²) >= 11 is 3.46. The number of carbonyl (C=O) groups is 1. The highest BCUT2D eigenvalue weighted by atomic mass is 79.9. The van der Waals surface area contributed by atoms with Gasteiger partial charge in [0, 0.05) is 23.0 Å². The van der Waals surface area contributed by atoms with Crippen molar-refractivity contribution < 1.29 is 4.79 Å². The van der Waals surface area contributed by atoms with Crippen LogP contribution in [0, 0.1) is 0 Å². The third kappa shape index (κ3) is 4.12. The Labute approximate surface area is 175 Å².